The van der Waals surface area contributed by atoms with Crippen molar-refractivity contribution in [3.63, 3.8) is 0 Å². The van der Waals surface area contributed by atoms with E-state index in [0.29, 0.717) is 13.0 Å². The van der Waals surface area contributed by atoms with E-state index in [1.807, 2.05) is 18.2 Å². The summed E-state index contributed by atoms with van der Waals surface area (Å²) in [6, 6.07) is 7.51. The smallest absolute Gasteiger partial charge is 0.244 e. The summed E-state index contributed by atoms with van der Waals surface area (Å²) in [6.07, 6.45) is 1.48. The van der Waals surface area contributed by atoms with Crippen LogP contribution < -0.4 is 10.6 Å². The molecule has 2 N–H and O–H groups in total. The Bertz CT molecular complexity index is 406. The van der Waals surface area contributed by atoms with Crippen molar-refractivity contribution in [1.82, 2.24) is 0 Å². The molecule has 92 valence electrons. The highest BCUT2D eigenvalue weighted by molar-refractivity contribution is 5.98. The summed E-state index contributed by atoms with van der Waals surface area (Å²) < 4.78 is 4.94. The monoisotopic (exact) mass is 234 g/mol. The zero-order chi connectivity index (χ0) is 12.3. The van der Waals surface area contributed by atoms with Gasteiger partial charge in [-0.3, -0.25) is 4.79 Å². The Kier molecular flexibility index (Phi) is 3.76. The third-order valence-corrected chi connectivity index (χ3v) is 3.10. The molecule has 1 unspecified atom stereocenters. The molecule has 1 heterocycles. The highest BCUT2D eigenvalue weighted by atomic mass is 16.5. The van der Waals surface area contributed by atoms with Crippen LogP contribution >= 0.6 is 0 Å². The summed E-state index contributed by atoms with van der Waals surface area (Å²) in [7, 11) is 1.61. The Balaban J connectivity index is 2.07. The van der Waals surface area contributed by atoms with Crippen LogP contribution in [0.25, 0.3) is 0 Å². The van der Waals surface area contributed by atoms with Gasteiger partial charge in [-0.15, -0.1) is 0 Å². The number of nitrogens with two attached hydrogens (primary N) is 1. The van der Waals surface area contributed by atoms with Gasteiger partial charge in [-0.05, 0) is 24.5 Å². The van der Waals surface area contributed by atoms with Crippen LogP contribution in [0.2, 0.25) is 0 Å². The third kappa shape index (κ3) is 2.48. The summed E-state index contributed by atoms with van der Waals surface area (Å²) in [6.45, 7) is 1.25. The first kappa shape index (κ1) is 12.1. The number of para-hydroxylation sites is 1. The van der Waals surface area contributed by atoms with E-state index in [4.69, 9.17) is 10.5 Å². The Labute approximate surface area is 101 Å². The SMILES string of the molecule is COCCC(N)C(=O)N1CCc2ccccc21. The van der Waals surface area contributed by atoms with E-state index in [0.717, 1.165) is 18.7 Å². The molecule has 1 aromatic rings. The van der Waals surface area contributed by atoms with Crippen molar-refractivity contribution in [3.05, 3.63) is 29.8 Å². The van der Waals surface area contributed by atoms with Crippen LogP contribution in [0.15, 0.2) is 24.3 Å². The van der Waals surface area contributed by atoms with E-state index in [2.05, 4.69) is 6.07 Å². The van der Waals surface area contributed by atoms with E-state index in [9.17, 15) is 4.79 Å². The Morgan fingerprint density at radius 2 is 2.29 bits per heavy atom. The Morgan fingerprint density at radius 3 is 3.06 bits per heavy atom. The van der Waals surface area contributed by atoms with Crippen LogP contribution in [0, 0.1) is 0 Å². The van der Waals surface area contributed by atoms with Gasteiger partial charge in [0.1, 0.15) is 0 Å². The van der Waals surface area contributed by atoms with Crippen molar-refractivity contribution in [2.75, 3.05) is 25.2 Å². The first-order valence-electron chi connectivity index (χ1n) is 5.88. The van der Waals surface area contributed by atoms with Crippen molar-refractivity contribution < 1.29 is 9.53 Å². The van der Waals surface area contributed by atoms with Crippen LogP contribution in [0.4, 0.5) is 5.69 Å². The first-order valence-corrected chi connectivity index (χ1v) is 5.88. The molecule has 2 rings (SSSR count). The van der Waals surface area contributed by atoms with Gasteiger partial charge < -0.3 is 15.4 Å². The van der Waals surface area contributed by atoms with Crippen molar-refractivity contribution >= 4 is 11.6 Å². The third-order valence-electron chi connectivity index (χ3n) is 3.10. The van der Waals surface area contributed by atoms with E-state index in [1.54, 1.807) is 12.0 Å². The number of carbonyl (C=O) groups is 1. The Morgan fingerprint density at radius 1 is 1.53 bits per heavy atom. The van der Waals surface area contributed by atoms with E-state index in [1.165, 1.54) is 5.56 Å². The molecule has 4 nitrogen and oxygen atoms in total. The molecule has 0 radical (unpaired) electrons. The van der Waals surface area contributed by atoms with Crippen LogP contribution in [-0.4, -0.2) is 32.2 Å². The number of methoxy groups -OCH3 is 1. The minimum absolute atomic E-state index is 0.00741. The summed E-state index contributed by atoms with van der Waals surface area (Å²) in [5.41, 5.74) is 8.10. The number of nitrogens with zero attached hydrogens (tertiary/aromatic N) is 1. The maximum absolute atomic E-state index is 12.2. The molecular weight excluding hydrogens is 216 g/mol. The minimum Gasteiger partial charge on any atom is -0.385 e. The van der Waals surface area contributed by atoms with E-state index >= 15 is 0 Å². The van der Waals surface area contributed by atoms with E-state index < -0.39 is 6.04 Å². The van der Waals surface area contributed by atoms with Crippen LogP contribution in [0.3, 0.4) is 0 Å². The zero-order valence-electron chi connectivity index (χ0n) is 10.1. The molecule has 1 aliphatic heterocycles. The average Bonchev–Trinajstić information content (AvgIpc) is 2.78. The fraction of sp³-hybridized carbons (Fsp3) is 0.462. The predicted octanol–water partition coefficient (Wildman–Crippen LogP) is 0.940. The first-order chi connectivity index (χ1) is 8.24. The number of amides is 1. The fourth-order valence-electron chi connectivity index (χ4n) is 2.14. The predicted molar refractivity (Wildman–Crippen MR) is 67.0 cm³/mol. The number of rotatable bonds is 4. The van der Waals surface area contributed by atoms with Gasteiger partial charge in [0.15, 0.2) is 0 Å². The number of benzene rings is 1. The summed E-state index contributed by atoms with van der Waals surface area (Å²) in [4.78, 5) is 13.9. The van der Waals surface area contributed by atoms with Gasteiger partial charge in [0.2, 0.25) is 5.91 Å². The number of hydrogen-bond acceptors (Lipinski definition) is 3. The number of fused-ring (bicyclic) bond motifs is 1. The van der Waals surface area contributed by atoms with Crippen molar-refractivity contribution in [2.24, 2.45) is 5.73 Å². The molecule has 1 amide bonds. The van der Waals surface area contributed by atoms with Gasteiger partial charge in [-0.25, -0.2) is 0 Å². The van der Waals surface area contributed by atoms with Crippen LogP contribution in [-0.2, 0) is 16.0 Å². The highest BCUT2D eigenvalue weighted by Crippen LogP contribution is 2.27. The minimum atomic E-state index is -0.471. The molecule has 4 heteroatoms. The number of carbonyl (C=O) groups excluding carboxylic acids is 1. The van der Waals surface area contributed by atoms with Gasteiger partial charge in [0.25, 0.3) is 0 Å². The van der Waals surface area contributed by atoms with Crippen molar-refractivity contribution in [2.45, 2.75) is 18.9 Å². The lowest BCUT2D eigenvalue weighted by Crippen LogP contribution is -2.43. The highest BCUT2D eigenvalue weighted by Gasteiger charge is 2.27. The maximum atomic E-state index is 12.2. The fourth-order valence-corrected chi connectivity index (χ4v) is 2.14. The molecule has 1 atom stereocenters. The zero-order valence-corrected chi connectivity index (χ0v) is 10.1. The molecule has 17 heavy (non-hydrogen) atoms. The molecule has 0 bridgehead atoms. The number of hydrogen-bond donors (Lipinski definition) is 1. The van der Waals surface area contributed by atoms with Gasteiger partial charge in [-0.2, -0.15) is 0 Å². The van der Waals surface area contributed by atoms with Crippen molar-refractivity contribution in [3.8, 4) is 0 Å². The molecule has 0 aliphatic carbocycles. The number of ether oxygens (including phenoxy) is 1. The average molecular weight is 234 g/mol. The lowest BCUT2D eigenvalue weighted by atomic mass is 10.1. The summed E-state index contributed by atoms with van der Waals surface area (Å²) in [5.74, 6) is -0.00741. The molecule has 1 aromatic carbocycles. The second-order valence-corrected chi connectivity index (χ2v) is 4.26. The molecule has 0 saturated carbocycles. The second-order valence-electron chi connectivity index (χ2n) is 4.26. The van der Waals surface area contributed by atoms with Gasteiger partial charge in [0, 0.05) is 25.9 Å². The topological polar surface area (TPSA) is 55.6 Å². The molecule has 1 aliphatic rings. The van der Waals surface area contributed by atoms with E-state index in [-0.39, 0.29) is 5.91 Å². The van der Waals surface area contributed by atoms with Gasteiger partial charge in [0.05, 0.1) is 6.04 Å². The number of anilines is 1. The van der Waals surface area contributed by atoms with Crippen LogP contribution in [0.5, 0.6) is 0 Å². The lowest BCUT2D eigenvalue weighted by Gasteiger charge is -2.21. The maximum Gasteiger partial charge on any atom is 0.244 e. The quantitative estimate of drug-likeness (QED) is 0.843. The second kappa shape index (κ2) is 5.29. The Hall–Kier alpha value is -1.39. The van der Waals surface area contributed by atoms with Gasteiger partial charge in [-0.1, -0.05) is 18.2 Å². The lowest BCUT2D eigenvalue weighted by molar-refractivity contribution is -0.120. The molecule has 0 aromatic heterocycles. The summed E-state index contributed by atoms with van der Waals surface area (Å²) in [5, 5.41) is 0. The van der Waals surface area contributed by atoms with Gasteiger partial charge >= 0.3 is 0 Å². The standard InChI is InChI=1S/C13H18N2O2/c1-17-9-7-11(14)13(16)15-8-6-10-4-2-3-5-12(10)15/h2-5,11H,6-9,14H2,1H3. The van der Waals surface area contributed by atoms with Crippen molar-refractivity contribution in [1.29, 1.82) is 0 Å². The molecule has 0 spiro atoms. The molecular formula is C13H18N2O2. The summed E-state index contributed by atoms with van der Waals surface area (Å²) >= 11 is 0. The molecule has 0 saturated heterocycles. The molecule has 0 fully saturated rings. The largest absolute Gasteiger partial charge is 0.385 e. The normalized spacial score (nSPS) is 15.8. The van der Waals surface area contributed by atoms with Crippen LogP contribution in [0.1, 0.15) is 12.0 Å².